The number of nitrogens with zero attached hydrogens (tertiary/aromatic N) is 1. The lowest BCUT2D eigenvalue weighted by atomic mass is 10.1. The zero-order chi connectivity index (χ0) is 12.8. The number of nitrogens with two attached hydrogens (primary N) is 2. The first-order valence-corrected chi connectivity index (χ1v) is 6.25. The Morgan fingerprint density at radius 2 is 1.94 bits per heavy atom. The van der Waals surface area contributed by atoms with Crippen LogP contribution in [0.3, 0.4) is 0 Å². The fourth-order valence-electron chi connectivity index (χ4n) is 1.97. The predicted molar refractivity (Wildman–Crippen MR) is 76.2 cm³/mol. The number of aliphatic imine (C=N–C) groups is 1. The van der Waals surface area contributed by atoms with E-state index >= 15 is 0 Å². The van der Waals surface area contributed by atoms with Crippen molar-refractivity contribution in [2.75, 3.05) is 0 Å². The smallest absolute Gasteiger partial charge is 0.127 e. The molecule has 0 heterocycles. The second-order valence-corrected chi connectivity index (χ2v) is 4.35. The zero-order valence-corrected chi connectivity index (χ0v) is 10.4. The average molecular weight is 241 g/mol. The first-order chi connectivity index (χ1) is 8.77. The summed E-state index contributed by atoms with van der Waals surface area (Å²) in [4.78, 5) is 4.39. The van der Waals surface area contributed by atoms with Gasteiger partial charge in [0.15, 0.2) is 0 Å². The van der Waals surface area contributed by atoms with E-state index in [1.165, 1.54) is 5.57 Å². The van der Waals surface area contributed by atoms with Crippen LogP contribution in [0.5, 0.6) is 0 Å². The molecular formula is C15H19N3. The molecule has 0 radical (unpaired) electrons. The topological polar surface area (TPSA) is 64.4 Å². The lowest BCUT2D eigenvalue weighted by molar-refractivity contribution is 0.759. The minimum absolute atomic E-state index is 0.329. The van der Waals surface area contributed by atoms with Crippen molar-refractivity contribution < 1.29 is 0 Å². The Morgan fingerprint density at radius 1 is 1.17 bits per heavy atom. The van der Waals surface area contributed by atoms with Crippen LogP contribution in [-0.4, -0.2) is 12.0 Å². The summed E-state index contributed by atoms with van der Waals surface area (Å²) in [5.41, 5.74) is 14.1. The van der Waals surface area contributed by atoms with Gasteiger partial charge in [0, 0.05) is 5.56 Å². The number of benzene rings is 1. The molecular weight excluding hydrogens is 222 g/mol. The largest absolute Gasteiger partial charge is 0.383 e. The molecule has 0 amide bonds. The Kier molecular flexibility index (Phi) is 4.31. The molecule has 0 spiro atoms. The highest BCUT2D eigenvalue weighted by atomic mass is 15.0. The highest BCUT2D eigenvalue weighted by molar-refractivity contribution is 5.97. The molecule has 1 aromatic carbocycles. The van der Waals surface area contributed by atoms with E-state index in [-0.39, 0.29) is 6.17 Å². The van der Waals surface area contributed by atoms with Gasteiger partial charge < -0.3 is 11.5 Å². The van der Waals surface area contributed by atoms with Gasteiger partial charge in [0.05, 0.1) is 0 Å². The summed E-state index contributed by atoms with van der Waals surface area (Å²) in [5, 5.41) is 0. The van der Waals surface area contributed by atoms with Gasteiger partial charge in [-0.2, -0.15) is 0 Å². The predicted octanol–water partition coefficient (Wildman–Crippen LogP) is 2.34. The molecule has 0 aromatic heterocycles. The van der Waals surface area contributed by atoms with Gasteiger partial charge in [-0.1, -0.05) is 48.6 Å². The van der Waals surface area contributed by atoms with E-state index in [9.17, 15) is 0 Å². The van der Waals surface area contributed by atoms with Gasteiger partial charge in [0.2, 0.25) is 0 Å². The fourth-order valence-corrected chi connectivity index (χ4v) is 1.97. The van der Waals surface area contributed by atoms with Crippen molar-refractivity contribution in [3.63, 3.8) is 0 Å². The molecule has 3 nitrogen and oxygen atoms in total. The maximum atomic E-state index is 6.09. The van der Waals surface area contributed by atoms with Crippen LogP contribution in [0, 0.1) is 0 Å². The van der Waals surface area contributed by atoms with Crippen LogP contribution in [0.2, 0.25) is 0 Å². The molecule has 1 unspecified atom stereocenters. The van der Waals surface area contributed by atoms with Crippen LogP contribution < -0.4 is 11.5 Å². The molecule has 3 heteroatoms. The number of allylic oxidation sites excluding steroid dienone is 3. The van der Waals surface area contributed by atoms with E-state index in [2.05, 4.69) is 23.2 Å². The summed E-state index contributed by atoms with van der Waals surface area (Å²) >= 11 is 0. The minimum Gasteiger partial charge on any atom is -0.383 e. The third-order valence-electron chi connectivity index (χ3n) is 3.01. The zero-order valence-electron chi connectivity index (χ0n) is 10.4. The molecule has 0 saturated heterocycles. The number of rotatable bonds is 3. The van der Waals surface area contributed by atoms with Crippen LogP contribution in [0.4, 0.5) is 0 Å². The summed E-state index contributed by atoms with van der Waals surface area (Å²) in [6, 6.07) is 9.72. The van der Waals surface area contributed by atoms with Crippen LogP contribution in [0.25, 0.3) is 0 Å². The summed E-state index contributed by atoms with van der Waals surface area (Å²) in [6.07, 6.45) is 9.08. The van der Waals surface area contributed by atoms with Crippen molar-refractivity contribution in [1.29, 1.82) is 0 Å². The van der Waals surface area contributed by atoms with E-state index < -0.39 is 0 Å². The van der Waals surface area contributed by atoms with Gasteiger partial charge >= 0.3 is 0 Å². The lowest BCUT2D eigenvalue weighted by Gasteiger charge is -2.12. The van der Waals surface area contributed by atoms with Crippen molar-refractivity contribution in [3.05, 3.63) is 59.7 Å². The van der Waals surface area contributed by atoms with Crippen molar-refractivity contribution >= 4 is 5.84 Å². The Morgan fingerprint density at radius 3 is 2.72 bits per heavy atom. The van der Waals surface area contributed by atoms with Gasteiger partial charge in [-0.3, -0.25) is 0 Å². The van der Waals surface area contributed by atoms with Gasteiger partial charge in [0.25, 0.3) is 0 Å². The molecule has 0 bridgehead atoms. The van der Waals surface area contributed by atoms with E-state index in [0.717, 1.165) is 24.8 Å². The average Bonchev–Trinajstić information content (AvgIpc) is 2.68. The van der Waals surface area contributed by atoms with E-state index in [1.807, 2.05) is 30.3 Å². The van der Waals surface area contributed by atoms with Crippen LogP contribution in [0.15, 0.2) is 59.1 Å². The summed E-state index contributed by atoms with van der Waals surface area (Å²) in [7, 11) is 0. The standard InChI is InChI=1S/C15H19N3/c16-14(12-8-4-1-2-5-9-12)18-15(17)13-10-6-3-7-11-13/h1-3,6-8,10-11,14H,4-5,9,16H2,(H2,17,18). The first kappa shape index (κ1) is 12.6. The van der Waals surface area contributed by atoms with Crippen molar-refractivity contribution in [2.45, 2.75) is 25.4 Å². The molecule has 1 aliphatic rings. The second kappa shape index (κ2) is 6.17. The van der Waals surface area contributed by atoms with E-state index in [4.69, 9.17) is 11.5 Å². The molecule has 0 saturated carbocycles. The molecule has 1 atom stereocenters. The number of hydrogen-bond donors (Lipinski definition) is 2. The summed E-state index contributed by atoms with van der Waals surface area (Å²) < 4.78 is 0. The third kappa shape index (κ3) is 3.31. The second-order valence-electron chi connectivity index (χ2n) is 4.35. The normalized spacial score (nSPS) is 18.1. The Bertz CT molecular complexity index is 472. The molecule has 4 N–H and O–H groups in total. The molecule has 18 heavy (non-hydrogen) atoms. The fraction of sp³-hybridized carbons (Fsp3) is 0.267. The SMILES string of the molecule is N/C(=N\C(N)C1=CCC=CCC1)c1ccccc1. The lowest BCUT2D eigenvalue weighted by Crippen LogP contribution is -2.25. The van der Waals surface area contributed by atoms with Gasteiger partial charge in [0.1, 0.15) is 12.0 Å². The monoisotopic (exact) mass is 241 g/mol. The minimum atomic E-state index is -0.329. The molecule has 1 aromatic rings. The number of hydrogen-bond acceptors (Lipinski definition) is 2. The molecule has 0 fully saturated rings. The van der Waals surface area contributed by atoms with E-state index in [0.29, 0.717) is 5.84 Å². The van der Waals surface area contributed by atoms with Crippen LogP contribution in [0.1, 0.15) is 24.8 Å². The maximum Gasteiger partial charge on any atom is 0.127 e. The highest BCUT2D eigenvalue weighted by Gasteiger charge is 2.09. The quantitative estimate of drug-likeness (QED) is 0.484. The van der Waals surface area contributed by atoms with Crippen molar-refractivity contribution in [3.8, 4) is 0 Å². The molecule has 0 aliphatic heterocycles. The van der Waals surface area contributed by atoms with Crippen LogP contribution in [-0.2, 0) is 0 Å². The van der Waals surface area contributed by atoms with E-state index in [1.54, 1.807) is 0 Å². The molecule has 2 rings (SSSR count). The Hall–Kier alpha value is -1.87. The van der Waals surface area contributed by atoms with Crippen molar-refractivity contribution in [1.82, 2.24) is 0 Å². The molecule has 94 valence electrons. The van der Waals surface area contributed by atoms with Gasteiger partial charge in [-0.05, 0) is 24.8 Å². The first-order valence-electron chi connectivity index (χ1n) is 6.25. The molecule has 1 aliphatic carbocycles. The Labute approximate surface area is 108 Å². The maximum absolute atomic E-state index is 6.09. The van der Waals surface area contributed by atoms with Crippen molar-refractivity contribution in [2.24, 2.45) is 16.5 Å². The number of amidine groups is 1. The summed E-state index contributed by atoms with van der Waals surface area (Å²) in [5.74, 6) is 0.501. The highest BCUT2D eigenvalue weighted by Crippen LogP contribution is 2.15. The Balaban J connectivity index is 2.10. The third-order valence-corrected chi connectivity index (χ3v) is 3.01. The summed E-state index contributed by atoms with van der Waals surface area (Å²) in [6.45, 7) is 0. The van der Waals surface area contributed by atoms with Gasteiger partial charge in [-0.25, -0.2) is 4.99 Å². The van der Waals surface area contributed by atoms with Crippen LogP contribution >= 0.6 is 0 Å². The van der Waals surface area contributed by atoms with Gasteiger partial charge in [-0.15, -0.1) is 0 Å².